The van der Waals surface area contributed by atoms with Crippen LogP contribution in [0.5, 0.6) is 0 Å². The third-order valence-electron chi connectivity index (χ3n) is 3.73. The Morgan fingerprint density at radius 3 is 2.89 bits per heavy atom. The van der Waals surface area contributed by atoms with Crippen LogP contribution in [0.25, 0.3) is 0 Å². The van der Waals surface area contributed by atoms with E-state index in [1.165, 1.54) is 25.7 Å². The molecule has 100 valence electrons. The minimum atomic E-state index is 0.566. The molecule has 0 aliphatic heterocycles. The molecule has 18 heavy (non-hydrogen) atoms. The summed E-state index contributed by atoms with van der Waals surface area (Å²) in [7, 11) is 0. The molecule has 1 aliphatic rings. The number of nitrogens with zero attached hydrogens (tertiary/aromatic N) is 2. The Balaban J connectivity index is 2.13. The molecule has 1 aromatic rings. The van der Waals surface area contributed by atoms with Crippen molar-refractivity contribution in [3.63, 3.8) is 0 Å². The number of hydrogen-bond donors (Lipinski definition) is 1. The van der Waals surface area contributed by atoms with E-state index in [0.29, 0.717) is 5.92 Å². The molecule has 0 radical (unpaired) electrons. The lowest BCUT2D eigenvalue weighted by Crippen LogP contribution is -2.16. The molecule has 0 spiro atoms. The molecule has 1 aliphatic carbocycles. The van der Waals surface area contributed by atoms with Crippen molar-refractivity contribution in [2.24, 2.45) is 5.92 Å². The van der Waals surface area contributed by atoms with Crippen molar-refractivity contribution in [1.82, 2.24) is 9.97 Å². The lowest BCUT2D eigenvalue weighted by atomic mass is 9.82. The third-order valence-corrected chi connectivity index (χ3v) is 3.73. The van der Waals surface area contributed by atoms with Gasteiger partial charge in [0.05, 0.1) is 0 Å². The Bertz CT molecular complexity index is 389. The van der Waals surface area contributed by atoms with Crippen molar-refractivity contribution in [1.29, 1.82) is 0 Å². The monoisotopic (exact) mass is 247 g/mol. The number of hydrogen-bond acceptors (Lipinski definition) is 3. The number of anilines is 1. The van der Waals surface area contributed by atoms with Gasteiger partial charge in [-0.2, -0.15) is 0 Å². The van der Waals surface area contributed by atoms with E-state index in [1.807, 2.05) is 6.07 Å². The Labute approximate surface area is 110 Å². The summed E-state index contributed by atoms with van der Waals surface area (Å²) < 4.78 is 0. The Morgan fingerprint density at radius 2 is 2.17 bits per heavy atom. The van der Waals surface area contributed by atoms with Crippen molar-refractivity contribution in [2.75, 3.05) is 11.9 Å². The van der Waals surface area contributed by atoms with Gasteiger partial charge in [-0.3, -0.25) is 0 Å². The molecule has 0 bridgehead atoms. The molecule has 1 fully saturated rings. The van der Waals surface area contributed by atoms with E-state index in [4.69, 9.17) is 4.98 Å². The van der Waals surface area contributed by atoms with E-state index >= 15 is 0 Å². The molecular formula is C15H25N3. The van der Waals surface area contributed by atoms with E-state index in [9.17, 15) is 0 Å². The number of nitrogens with one attached hydrogen (secondary N) is 1. The number of aryl methyl sites for hydroxylation is 1. The summed E-state index contributed by atoms with van der Waals surface area (Å²) >= 11 is 0. The van der Waals surface area contributed by atoms with Gasteiger partial charge in [0.2, 0.25) is 0 Å². The van der Waals surface area contributed by atoms with Crippen molar-refractivity contribution in [2.45, 2.75) is 58.8 Å². The van der Waals surface area contributed by atoms with Crippen molar-refractivity contribution < 1.29 is 0 Å². The molecule has 1 saturated carbocycles. The fourth-order valence-electron chi connectivity index (χ4n) is 2.79. The minimum absolute atomic E-state index is 0.566. The smallest absolute Gasteiger partial charge is 0.134 e. The van der Waals surface area contributed by atoms with Crippen LogP contribution in [0.4, 0.5) is 5.82 Å². The van der Waals surface area contributed by atoms with Gasteiger partial charge in [-0.15, -0.1) is 0 Å². The first kappa shape index (κ1) is 13.3. The molecule has 1 aromatic heterocycles. The van der Waals surface area contributed by atoms with Gasteiger partial charge in [0, 0.05) is 24.2 Å². The van der Waals surface area contributed by atoms with E-state index in [0.717, 1.165) is 36.2 Å². The lowest BCUT2D eigenvalue weighted by Gasteiger charge is -2.26. The second kappa shape index (κ2) is 6.17. The lowest BCUT2D eigenvalue weighted by molar-refractivity contribution is 0.335. The van der Waals surface area contributed by atoms with Crippen molar-refractivity contribution >= 4 is 5.82 Å². The Morgan fingerprint density at radius 1 is 1.33 bits per heavy atom. The van der Waals surface area contributed by atoms with Crippen LogP contribution < -0.4 is 5.32 Å². The van der Waals surface area contributed by atoms with Gasteiger partial charge in [0.15, 0.2) is 0 Å². The maximum absolute atomic E-state index is 4.71. The first-order valence-electron chi connectivity index (χ1n) is 7.28. The molecule has 2 atom stereocenters. The number of rotatable bonds is 4. The van der Waals surface area contributed by atoms with Crippen molar-refractivity contribution in [3.8, 4) is 0 Å². The maximum atomic E-state index is 4.71. The standard InChI is InChI=1S/C15H25N3/c1-4-8-16-14-10-12(3)17-15(18-14)13-7-5-6-11(2)9-13/h10-11,13H,4-9H2,1-3H3,(H,16,17,18). The largest absolute Gasteiger partial charge is 0.370 e. The Hall–Kier alpha value is -1.12. The molecule has 3 nitrogen and oxygen atoms in total. The van der Waals surface area contributed by atoms with Crippen LogP contribution in [-0.2, 0) is 0 Å². The fraction of sp³-hybridized carbons (Fsp3) is 0.733. The zero-order valence-corrected chi connectivity index (χ0v) is 11.9. The topological polar surface area (TPSA) is 37.8 Å². The van der Waals surface area contributed by atoms with Crippen molar-refractivity contribution in [3.05, 3.63) is 17.6 Å². The maximum Gasteiger partial charge on any atom is 0.134 e. The second-order valence-corrected chi connectivity index (χ2v) is 5.65. The normalized spacial score (nSPS) is 23.9. The summed E-state index contributed by atoms with van der Waals surface area (Å²) in [4.78, 5) is 9.36. The summed E-state index contributed by atoms with van der Waals surface area (Å²) in [6.45, 7) is 7.56. The summed E-state index contributed by atoms with van der Waals surface area (Å²) in [5.41, 5.74) is 1.08. The molecular weight excluding hydrogens is 222 g/mol. The van der Waals surface area contributed by atoms with E-state index < -0.39 is 0 Å². The van der Waals surface area contributed by atoms with Crippen LogP contribution in [0, 0.1) is 12.8 Å². The predicted molar refractivity (Wildman–Crippen MR) is 75.9 cm³/mol. The number of aromatic nitrogens is 2. The average molecular weight is 247 g/mol. The molecule has 2 rings (SSSR count). The summed E-state index contributed by atoms with van der Waals surface area (Å²) in [6, 6.07) is 2.05. The van der Waals surface area contributed by atoms with Gasteiger partial charge in [-0.05, 0) is 32.1 Å². The highest BCUT2D eigenvalue weighted by Gasteiger charge is 2.23. The molecule has 0 aromatic carbocycles. The summed E-state index contributed by atoms with van der Waals surface area (Å²) in [5, 5.41) is 3.37. The average Bonchev–Trinajstić information content (AvgIpc) is 2.36. The van der Waals surface area contributed by atoms with Gasteiger partial charge < -0.3 is 5.32 Å². The van der Waals surface area contributed by atoms with Crippen LogP contribution in [0.2, 0.25) is 0 Å². The van der Waals surface area contributed by atoms with Gasteiger partial charge in [0.25, 0.3) is 0 Å². The predicted octanol–water partition coefficient (Wildman–Crippen LogP) is 3.90. The highest BCUT2D eigenvalue weighted by Crippen LogP contribution is 2.34. The van der Waals surface area contributed by atoms with Crippen LogP contribution in [0.15, 0.2) is 6.07 Å². The van der Waals surface area contributed by atoms with Crippen LogP contribution >= 0.6 is 0 Å². The zero-order valence-electron chi connectivity index (χ0n) is 11.9. The van der Waals surface area contributed by atoms with Gasteiger partial charge in [-0.1, -0.05) is 26.7 Å². The molecule has 0 saturated heterocycles. The molecule has 0 amide bonds. The molecule has 1 N–H and O–H groups in total. The molecule has 1 heterocycles. The van der Waals surface area contributed by atoms with E-state index in [2.05, 4.69) is 31.1 Å². The van der Waals surface area contributed by atoms with Gasteiger partial charge in [-0.25, -0.2) is 9.97 Å². The van der Waals surface area contributed by atoms with Crippen LogP contribution in [0.1, 0.15) is 63.4 Å². The second-order valence-electron chi connectivity index (χ2n) is 5.65. The third kappa shape index (κ3) is 3.44. The van der Waals surface area contributed by atoms with Crippen LogP contribution in [-0.4, -0.2) is 16.5 Å². The van der Waals surface area contributed by atoms with Crippen LogP contribution in [0.3, 0.4) is 0 Å². The minimum Gasteiger partial charge on any atom is -0.370 e. The highest BCUT2D eigenvalue weighted by atomic mass is 15.0. The van der Waals surface area contributed by atoms with E-state index in [-0.39, 0.29) is 0 Å². The molecule has 3 heteroatoms. The van der Waals surface area contributed by atoms with E-state index in [1.54, 1.807) is 0 Å². The summed E-state index contributed by atoms with van der Waals surface area (Å²) in [6.07, 6.45) is 6.31. The first-order valence-corrected chi connectivity index (χ1v) is 7.28. The zero-order chi connectivity index (χ0) is 13.0. The molecule has 2 unspecified atom stereocenters. The SMILES string of the molecule is CCCNc1cc(C)nc(C2CCCC(C)C2)n1. The Kier molecular flexibility index (Phi) is 4.56. The van der Waals surface area contributed by atoms with Gasteiger partial charge >= 0.3 is 0 Å². The quantitative estimate of drug-likeness (QED) is 0.876. The fourth-order valence-corrected chi connectivity index (χ4v) is 2.79. The summed E-state index contributed by atoms with van der Waals surface area (Å²) in [5.74, 6) is 3.44. The highest BCUT2D eigenvalue weighted by molar-refractivity contribution is 5.36. The van der Waals surface area contributed by atoms with Gasteiger partial charge in [0.1, 0.15) is 11.6 Å². The first-order chi connectivity index (χ1) is 8.69.